The molecule has 0 bridgehead atoms. The van der Waals surface area contributed by atoms with Gasteiger partial charge in [-0.05, 0) is 32.4 Å². The maximum absolute atomic E-state index is 12.6. The first kappa shape index (κ1) is 22.8. The van der Waals surface area contributed by atoms with Gasteiger partial charge in [-0.2, -0.15) is 24.9 Å². The van der Waals surface area contributed by atoms with Crippen molar-refractivity contribution < 1.29 is 13.2 Å². The summed E-state index contributed by atoms with van der Waals surface area (Å²) in [5, 5.41) is 8.63. The van der Waals surface area contributed by atoms with Gasteiger partial charge in [-0.3, -0.25) is 0 Å². The zero-order valence-electron chi connectivity index (χ0n) is 14.2. The van der Waals surface area contributed by atoms with Crippen LogP contribution in [-0.2, 0) is 12.7 Å². The third-order valence-corrected chi connectivity index (χ3v) is 5.79. The summed E-state index contributed by atoms with van der Waals surface area (Å²) in [7, 11) is 0. The molecule has 2 unspecified atom stereocenters. The van der Waals surface area contributed by atoms with E-state index in [2.05, 4.69) is 26.9 Å². The molecule has 10 heteroatoms. The number of alkyl halides is 3. The lowest BCUT2D eigenvalue weighted by molar-refractivity contribution is -0.140. The largest absolute Gasteiger partial charge is 0.434 e. The molecule has 2 atom stereocenters. The molecule has 0 spiro atoms. The zero-order valence-corrected chi connectivity index (χ0v) is 18.2. The van der Waals surface area contributed by atoms with E-state index in [0.717, 1.165) is 29.6 Å². The summed E-state index contributed by atoms with van der Waals surface area (Å²) < 4.78 is 37.7. The molecule has 0 radical (unpaired) electrons. The average Bonchev–Trinajstić information content (AvgIpc) is 3.02. The van der Waals surface area contributed by atoms with Crippen molar-refractivity contribution >= 4 is 53.0 Å². The van der Waals surface area contributed by atoms with Gasteiger partial charge in [0.05, 0.1) is 6.54 Å². The van der Waals surface area contributed by atoms with E-state index >= 15 is 0 Å². The summed E-state index contributed by atoms with van der Waals surface area (Å²) in [6, 6.07) is 0.357. The molecule has 1 saturated carbocycles. The normalized spacial score (nSPS) is 21.6. The fourth-order valence-corrected chi connectivity index (χ4v) is 4.22. The van der Waals surface area contributed by atoms with Crippen LogP contribution >= 0.6 is 47.1 Å². The van der Waals surface area contributed by atoms with E-state index in [1.165, 1.54) is 12.8 Å². The van der Waals surface area contributed by atoms with Crippen molar-refractivity contribution in [3.8, 4) is 0 Å². The van der Waals surface area contributed by atoms with Crippen LogP contribution in [0.1, 0.15) is 43.3 Å². The number of guanidine groups is 1. The minimum absolute atomic E-state index is 0. The van der Waals surface area contributed by atoms with Gasteiger partial charge in [0, 0.05) is 23.2 Å². The smallest absolute Gasteiger partial charge is 0.357 e. The fraction of sp³-hybridized carbons (Fsp3) is 0.733. The fourth-order valence-electron chi connectivity index (χ4n) is 2.66. The second-order valence-corrected chi connectivity index (χ2v) is 7.77. The van der Waals surface area contributed by atoms with Crippen molar-refractivity contribution in [2.24, 2.45) is 4.99 Å². The summed E-state index contributed by atoms with van der Waals surface area (Å²) in [6.45, 7) is 2.82. The third kappa shape index (κ3) is 7.49. The predicted molar refractivity (Wildman–Crippen MR) is 110 cm³/mol. The van der Waals surface area contributed by atoms with Gasteiger partial charge in [-0.25, -0.2) is 9.98 Å². The van der Waals surface area contributed by atoms with Gasteiger partial charge in [-0.15, -0.1) is 35.3 Å². The quantitative estimate of drug-likeness (QED) is 0.349. The van der Waals surface area contributed by atoms with Crippen molar-refractivity contribution in [1.29, 1.82) is 0 Å². The van der Waals surface area contributed by atoms with E-state index in [0.29, 0.717) is 28.8 Å². The topological polar surface area (TPSA) is 49.3 Å². The first-order chi connectivity index (χ1) is 11.4. The van der Waals surface area contributed by atoms with Gasteiger partial charge in [0.25, 0.3) is 0 Å². The Morgan fingerprint density at radius 3 is 2.80 bits per heavy atom. The van der Waals surface area contributed by atoms with E-state index in [-0.39, 0.29) is 30.5 Å². The highest BCUT2D eigenvalue weighted by Gasteiger charge is 2.33. The Bertz CT molecular complexity index is 551. The zero-order chi connectivity index (χ0) is 17.6. The van der Waals surface area contributed by atoms with Gasteiger partial charge in [0.15, 0.2) is 11.7 Å². The Labute approximate surface area is 171 Å². The van der Waals surface area contributed by atoms with E-state index in [1.807, 2.05) is 18.7 Å². The Hall–Kier alpha value is -0.230. The van der Waals surface area contributed by atoms with Gasteiger partial charge in [0.1, 0.15) is 5.01 Å². The SMILES string of the molecule is CCNC(=NCc1nc(C(F)(F)F)cs1)NC1CCCC(SC)C1.I. The molecule has 0 amide bonds. The number of halogens is 4. The Balaban J connectivity index is 0.00000312. The Kier molecular flexibility index (Phi) is 9.86. The minimum atomic E-state index is -4.39. The number of hydrogen-bond acceptors (Lipinski definition) is 4. The molecule has 1 heterocycles. The summed E-state index contributed by atoms with van der Waals surface area (Å²) in [5.41, 5.74) is -0.842. The number of thioether (sulfide) groups is 1. The Morgan fingerprint density at radius 2 is 2.20 bits per heavy atom. The molecule has 1 aromatic heterocycles. The van der Waals surface area contributed by atoms with Crippen molar-refractivity contribution in [3.05, 3.63) is 16.1 Å². The number of nitrogens with zero attached hydrogens (tertiary/aromatic N) is 2. The molecule has 1 aliphatic rings. The molecule has 0 saturated heterocycles. The first-order valence-electron chi connectivity index (χ1n) is 8.01. The third-order valence-electron chi connectivity index (χ3n) is 3.86. The molecule has 0 aromatic carbocycles. The molecule has 4 nitrogen and oxygen atoms in total. The van der Waals surface area contributed by atoms with Crippen LogP contribution in [0, 0.1) is 0 Å². The van der Waals surface area contributed by atoms with Crippen LogP contribution in [-0.4, -0.2) is 35.0 Å². The van der Waals surface area contributed by atoms with Crippen LogP contribution in [0.15, 0.2) is 10.4 Å². The number of rotatable bonds is 5. The molecular weight excluding hydrogens is 484 g/mol. The van der Waals surface area contributed by atoms with E-state index in [4.69, 9.17) is 0 Å². The molecule has 2 N–H and O–H groups in total. The highest BCUT2D eigenvalue weighted by atomic mass is 127. The average molecular weight is 508 g/mol. The lowest BCUT2D eigenvalue weighted by atomic mass is 9.95. The molecule has 144 valence electrons. The van der Waals surface area contributed by atoms with Crippen molar-refractivity contribution in [2.45, 2.75) is 56.6 Å². The van der Waals surface area contributed by atoms with E-state index in [9.17, 15) is 13.2 Å². The number of aromatic nitrogens is 1. The Morgan fingerprint density at radius 1 is 1.44 bits per heavy atom. The number of thiazole rings is 1. The maximum atomic E-state index is 12.6. The summed E-state index contributed by atoms with van der Waals surface area (Å²) >= 11 is 2.88. The van der Waals surface area contributed by atoms with Crippen LogP contribution in [0.25, 0.3) is 0 Å². The van der Waals surface area contributed by atoms with Crippen LogP contribution < -0.4 is 10.6 Å². The van der Waals surface area contributed by atoms with Crippen LogP contribution in [0.3, 0.4) is 0 Å². The molecule has 1 aliphatic carbocycles. The highest BCUT2D eigenvalue weighted by Crippen LogP contribution is 2.30. The molecular formula is C15H24F3IN4S2. The summed E-state index contributed by atoms with van der Waals surface area (Å²) in [6.07, 6.45) is 2.34. The van der Waals surface area contributed by atoms with Crippen molar-refractivity contribution in [3.63, 3.8) is 0 Å². The maximum Gasteiger partial charge on any atom is 0.434 e. The molecule has 1 fully saturated rings. The molecule has 2 rings (SSSR count). The number of hydrogen-bond donors (Lipinski definition) is 2. The molecule has 25 heavy (non-hydrogen) atoms. The summed E-state index contributed by atoms with van der Waals surface area (Å²) in [4.78, 5) is 8.01. The van der Waals surface area contributed by atoms with Gasteiger partial charge >= 0.3 is 6.18 Å². The second-order valence-electron chi connectivity index (χ2n) is 5.68. The van der Waals surface area contributed by atoms with Crippen molar-refractivity contribution in [1.82, 2.24) is 15.6 Å². The van der Waals surface area contributed by atoms with Crippen LogP contribution in [0.5, 0.6) is 0 Å². The number of nitrogens with one attached hydrogen (secondary N) is 2. The highest BCUT2D eigenvalue weighted by molar-refractivity contribution is 14.0. The van der Waals surface area contributed by atoms with Gasteiger partial charge in [-0.1, -0.05) is 6.42 Å². The lowest BCUT2D eigenvalue weighted by Crippen LogP contribution is -2.45. The van der Waals surface area contributed by atoms with Gasteiger partial charge < -0.3 is 10.6 Å². The standard InChI is InChI=1S/C15H23F3N4S2.HI/c1-3-19-14(21-10-5-4-6-11(7-10)23-2)20-8-13-22-12(9-24-13)15(16,17)18;/h9-11H,3-8H2,1-2H3,(H2,19,20,21);1H. The van der Waals surface area contributed by atoms with E-state index < -0.39 is 11.9 Å². The predicted octanol–water partition coefficient (Wildman–Crippen LogP) is 4.51. The molecule has 0 aliphatic heterocycles. The molecule has 1 aromatic rings. The van der Waals surface area contributed by atoms with Gasteiger partial charge in [0.2, 0.25) is 0 Å². The van der Waals surface area contributed by atoms with Crippen molar-refractivity contribution in [2.75, 3.05) is 12.8 Å². The van der Waals surface area contributed by atoms with Crippen LogP contribution in [0.2, 0.25) is 0 Å². The monoisotopic (exact) mass is 508 g/mol. The number of aliphatic imine (C=N–C) groups is 1. The summed E-state index contributed by atoms with van der Waals surface area (Å²) in [5.74, 6) is 0.646. The van der Waals surface area contributed by atoms with E-state index in [1.54, 1.807) is 0 Å². The minimum Gasteiger partial charge on any atom is -0.357 e. The first-order valence-corrected chi connectivity index (χ1v) is 10.2. The lowest BCUT2D eigenvalue weighted by Gasteiger charge is -2.29. The van der Waals surface area contributed by atoms with Crippen LogP contribution in [0.4, 0.5) is 13.2 Å². The second kappa shape index (κ2) is 10.8.